The van der Waals surface area contributed by atoms with E-state index >= 15 is 0 Å². The predicted molar refractivity (Wildman–Crippen MR) is 87.5 cm³/mol. The molecular weight excluding hydrogens is 281 g/mol. The zero-order valence-electron chi connectivity index (χ0n) is 14.1. The van der Waals surface area contributed by atoms with Crippen molar-refractivity contribution in [3.05, 3.63) is 23.4 Å². The van der Waals surface area contributed by atoms with Crippen LogP contribution in [0.25, 0.3) is 6.08 Å². The molecule has 1 aliphatic heterocycles. The highest BCUT2D eigenvalue weighted by atomic mass is 16.7. The minimum absolute atomic E-state index is 0.147. The van der Waals surface area contributed by atoms with Gasteiger partial charge in [0.25, 0.3) is 0 Å². The Labute approximate surface area is 132 Å². The van der Waals surface area contributed by atoms with Crippen LogP contribution in [0, 0.1) is 0 Å². The second-order valence-electron chi connectivity index (χ2n) is 6.68. The van der Waals surface area contributed by atoms with E-state index in [-0.39, 0.29) is 6.61 Å². The van der Waals surface area contributed by atoms with Crippen molar-refractivity contribution in [2.45, 2.75) is 38.9 Å². The number of hydrogen-bond acceptors (Lipinski definition) is 6. The highest BCUT2D eigenvalue weighted by Crippen LogP contribution is 2.38. The van der Waals surface area contributed by atoms with E-state index in [9.17, 15) is 5.11 Å². The fraction of sp³-hybridized carbons (Fsp3) is 0.600. The van der Waals surface area contributed by atoms with Crippen molar-refractivity contribution in [3.8, 4) is 0 Å². The van der Waals surface area contributed by atoms with E-state index in [1.165, 1.54) is 0 Å². The lowest BCUT2D eigenvalue weighted by molar-refractivity contribution is 0.00578. The largest absolute Gasteiger partial charge is 0.492 e. The molecule has 2 heterocycles. The molecule has 1 aromatic heterocycles. The van der Waals surface area contributed by atoms with Crippen LogP contribution in [0.5, 0.6) is 0 Å². The molecule has 0 saturated carbocycles. The van der Waals surface area contributed by atoms with Crippen molar-refractivity contribution in [1.29, 1.82) is 0 Å². The quantitative estimate of drug-likeness (QED) is 0.851. The van der Waals surface area contributed by atoms with Gasteiger partial charge in [-0.3, -0.25) is 0 Å². The Balaban J connectivity index is 2.22. The van der Waals surface area contributed by atoms with Crippen molar-refractivity contribution in [2.24, 2.45) is 0 Å². The Hall–Kier alpha value is -1.44. The summed E-state index contributed by atoms with van der Waals surface area (Å²) in [6.45, 7) is 7.79. The van der Waals surface area contributed by atoms with E-state index in [1.807, 2.05) is 52.8 Å². The molecule has 0 atom stereocenters. The van der Waals surface area contributed by atoms with Gasteiger partial charge in [0.05, 0.1) is 17.8 Å². The summed E-state index contributed by atoms with van der Waals surface area (Å²) >= 11 is 0. The molecular formula is C15H24BN3O3. The molecule has 2 rings (SSSR count). The number of hydrogen-bond donors (Lipinski definition) is 1. The number of nitrogens with zero attached hydrogens (tertiary/aromatic N) is 3. The maximum atomic E-state index is 9.65. The van der Waals surface area contributed by atoms with Crippen LogP contribution in [-0.2, 0) is 9.31 Å². The van der Waals surface area contributed by atoms with Crippen LogP contribution in [-0.4, -0.2) is 54.1 Å². The summed E-state index contributed by atoms with van der Waals surface area (Å²) in [5, 5.41) is 9.65. The molecule has 0 radical (unpaired) electrons. The molecule has 0 aromatic carbocycles. The Morgan fingerprint density at radius 1 is 1.18 bits per heavy atom. The van der Waals surface area contributed by atoms with Crippen molar-refractivity contribution in [3.63, 3.8) is 0 Å². The maximum absolute atomic E-state index is 9.65. The first-order valence-electron chi connectivity index (χ1n) is 7.32. The Bertz CT molecular complexity index is 540. The molecule has 1 aromatic rings. The van der Waals surface area contributed by atoms with Gasteiger partial charge in [0.2, 0.25) is 5.95 Å². The summed E-state index contributed by atoms with van der Waals surface area (Å²) in [6, 6.07) is 0. The molecule has 1 N–H and O–H groups in total. The zero-order chi connectivity index (χ0) is 16.5. The van der Waals surface area contributed by atoms with Gasteiger partial charge in [-0.1, -0.05) is 6.08 Å². The van der Waals surface area contributed by atoms with Crippen LogP contribution in [0.3, 0.4) is 0 Å². The van der Waals surface area contributed by atoms with Gasteiger partial charge in [-0.15, -0.1) is 0 Å². The highest BCUT2D eigenvalue weighted by molar-refractivity contribution is 6.55. The third-order valence-electron chi connectivity index (χ3n) is 4.15. The number of aromatic nitrogens is 2. The van der Waals surface area contributed by atoms with Gasteiger partial charge in [-0.05, 0) is 33.2 Å². The third kappa shape index (κ3) is 3.32. The summed E-state index contributed by atoms with van der Waals surface area (Å²) in [5.74, 6) is 0.637. The molecule has 0 unspecified atom stereocenters. The molecule has 0 amide bonds. The second-order valence-corrected chi connectivity index (χ2v) is 6.68. The topological polar surface area (TPSA) is 67.7 Å². The molecule has 22 heavy (non-hydrogen) atoms. The lowest BCUT2D eigenvalue weighted by Gasteiger charge is -2.32. The van der Waals surface area contributed by atoms with Crippen molar-refractivity contribution >= 4 is 19.1 Å². The van der Waals surface area contributed by atoms with Gasteiger partial charge in [0.1, 0.15) is 0 Å². The molecule has 1 saturated heterocycles. The molecule has 120 valence electrons. The standard InChI is InChI=1S/C15H24BN3O3/c1-14(2)15(3,4)22-16(21-14)12(10-20)7-11-8-17-13(18-9-11)19(5)6/h7-9,20H,10H2,1-6H3. The average Bonchev–Trinajstić information content (AvgIpc) is 2.65. The van der Waals surface area contributed by atoms with Crippen molar-refractivity contribution in [1.82, 2.24) is 9.97 Å². The molecule has 1 fully saturated rings. The maximum Gasteiger partial charge on any atom is 0.492 e. The zero-order valence-corrected chi connectivity index (χ0v) is 14.1. The van der Waals surface area contributed by atoms with Gasteiger partial charge >= 0.3 is 7.12 Å². The van der Waals surface area contributed by atoms with Crippen LogP contribution in [0.1, 0.15) is 33.3 Å². The van der Waals surface area contributed by atoms with E-state index in [4.69, 9.17) is 9.31 Å². The summed E-state index contributed by atoms with van der Waals surface area (Å²) in [6.07, 6.45) is 5.23. The van der Waals surface area contributed by atoms with Gasteiger partial charge < -0.3 is 19.3 Å². The third-order valence-corrected chi connectivity index (χ3v) is 4.15. The normalized spacial score (nSPS) is 20.3. The van der Waals surface area contributed by atoms with E-state index in [1.54, 1.807) is 12.4 Å². The van der Waals surface area contributed by atoms with E-state index in [2.05, 4.69) is 9.97 Å². The molecule has 1 aliphatic rings. The fourth-order valence-corrected chi connectivity index (χ4v) is 2.03. The minimum Gasteiger partial charge on any atom is -0.400 e. The number of aliphatic hydroxyl groups is 1. The van der Waals surface area contributed by atoms with Gasteiger partial charge in [-0.2, -0.15) is 0 Å². The average molecular weight is 305 g/mol. The predicted octanol–water partition coefficient (Wildman–Crippen LogP) is 1.55. The molecule has 0 spiro atoms. The van der Waals surface area contributed by atoms with E-state index < -0.39 is 18.3 Å². The Morgan fingerprint density at radius 3 is 2.09 bits per heavy atom. The SMILES string of the molecule is CN(C)c1ncc(C=C(CO)B2OC(C)(C)C(C)(C)O2)cn1. The first kappa shape index (κ1) is 16.9. The first-order chi connectivity index (χ1) is 10.2. The minimum atomic E-state index is -0.566. The van der Waals surface area contributed by atoms with E-state index in [0.717, 1.165) is 5.56 Å². The summed E-state index contributed by atoms with van der Waals surface area (Å²) in [4.78, 5) is 10.3. The number of aliphatic hydroxyl groups excluding tert-OH is 1. The van der Waals surface area contributed by atoms with Crippen LogP contribution >= 0.6 is 0 Å². The molecule has 0 aliphatic carbocycles. The summed E-state index contributed by atoms with van der Waals surface area (Å²) < 4.78 is 11.9. The Morgan fingerprint density at radius 2 is 1.68 bits per heavy atom. The lowest BCUT2D eigenvalue weighted by atomic mass is 9.78. The monoisotopic (exact) mass is 305 g/mol. The second kappa shape index (κ2) is 5.99. The van der Waals surface area contributed by atoms with Crippen LogP contribution in [0.2, 0.25) is 0 Å². The van der Waals surface area contributed by atoms with Crippen molar-refractivity contribution in [2.75, 3.05) is 25.6 Å². The molecule has 7 heteroatoms. The van der Waals surface area contributed by atoms with E-state index in [0.29, 0.717) is 11.4 Å². The highest BCUT2D eigenvalue weighted by Gasteiger charge is 2.52. The van der Waals surface area contributed by atoms with Crippen LogP contribution in [0.4, 0.5) is 5.95 Å². The summed E-state index contributed by atoms with van der Waals surface area (Å²) in [5.41, 5.74) is 0.582. The molecule has 6 nitrogen and oxygen atoms in total. The van der Waals surface area contributed by atoms with Gasteiger partial charge in [0.15, 0.2) is 0 Å². The smallest absolute Gasteiger partial charge is 0.400 e. The number of rotatable bonds is 4. The first-order valence-corrected chi connectivity index (χ1v) is 7.32. The van der Waals surface area contributed by atoms with Gasteiger partial charge in [0, 0.05) is 32.1 Å². The Kier molecular flexibility index (Phi) is 4.61. The van der Waals surface area contributed by atoms with Gasteiger partial charge in [-0.25, -0.2) is 9.97 Å². The van der Waals surface area contributed by atoms with Crippen molar-refractivity contribution < 1.29 is 14.4 Å². The molecule has 0 bridgehead atoms. The lowest BCUT2D eigenvalue weighted by Crippen LogP contribution is -2.41. The van der Waals surface area contributed by atoms with Crippen LogP contribution in [0.15, 0.2) is 17.9 Å². The number of anilines is 1. The fourth-order valence-electron chi connectivity index (χ4n) is 2.03. The van der Waals surface area contributed by atoms with Crippen LogP contribution < -0.4 is 4.90 Å². The summed E-state index contributed by atoms with van der Waals surface area (Å²) in [7, 11) is 3.20.